The van der Waals surface area contributed by atoms with Crippen LogP contribution in [0, 0.1) is 0 Å². The average molecular weight is 365 g/mol. The van der Waals surface area contributed by atoms with Crippen molar-refractivity contribution in [1.29, 1.82) is 0 Å². The third-order valence-electron chi connectivity index (χ3n) is 4.95. The molecule has 0 bridgehead atoms. The smallest absolute Gasteiger partial charge is 0.137 e. The molecule has 6 heteroatoms. The topological polar surface area (TPSA) is 43.4 Å². The van der Waals surface area contributed by atoms with Crippen molar-refractivity contribution >= 4 is 22.9 Å². The second-order valence-electron chi connectivity index (χ2n) is 6.65. The lowest BCUT2D eigenvalue weighted by Crippen LogP contribution is -2.49. The van der Waals surface area contributed by atoms with Crippen LogP contribution in [0.3, 0.4) is 0 Å². The second-order valence-corrected chi connectivity index (χ2v) is 8.33. The van der Waals surface area contributed by atoms with Crippen molar-refractivity contribution in [3.63, 3.8) is 0 Å². The summed E-state index contributed by atoms with van der Waals surface area (Å²) in [5.41, 5.74) is 2.13. The maximum Gasteiger partial charge on any atom is 0.137 e. The number of halogens is 1. The van der Waals surface area contributed by atoms with Gasteiger partial charge in [0.1, 0.15) is 11.4 Å². The molecule has 24 heavy (non-hydrogen) atoms. The zero-order chi connectivity index (χ0) is 16.7. The minimum atomic E-state index is -0.248. The second kappa shape index (κ2) is 6.30. The van der Waals surface area contributed by atoms with E-state index in [1.54, 1.807) is 24.6 Å². The molecule has 1 N–H and O–H groups in total. The van der Waals surface area contributed by atoms with Gasteiger partial charge in [0, 0.05) is 17.3 Å². The molecule has 1 saturated heterocycles. The van der Waals surface area contributed by atoms with E-state index in [9.17, 15) is 0 Å². The van der Waals surface area contributed by atoms with Crippen LogP contribution in [-0.4, -0.2) is 24.7 Å². The Balaban J connectivity index is 1.68. The van der Waals surface area contributed by atoms with Gasteiger partial charge in [-0.25, -0.2) is 0 Å². The van der Waals surface area contributed by atoms with Crippen LogP contribution in [0.25, 0.3) is 0 Å². The van der Waals surface area contributed by atoms with Crippen molar-refractivity contribution in [2.24, 2.45) is 0 Å². The summed E-state index contributed by atoms with van der Waals surface area (Å²) in [4.78, 5) is 5.89. The number of piperidine rings is 1. The van der Waals surface area contributed by atoms with E-state index >= 15 is 0 Å². The number of aromatic nitrogens is 1. The average Bonchev–Trinajstić information content (AvgIpc) is 2.97. The molecule has 3 atom stereocenters. The summed E-state index contributed by atoms with van der Waals surface area (Å²) in [7, 11) is 1.66. The van der Waals surface area contributed by atoms with Crippen LogP contribution in [0.4, 0.5) is 0 Å². The van der Waals surface area contributed by atoms with Crippen molar-refractivity contribution < 1.29 is 9.47 Å². The fourth-order valence-corrected chi connectivity index (χ4v) is 5.43. The number of nitrogens with zero attached hydrogens (tertiary/aromatic N) is 1. The predicted octanol–water partition coefficient (Wildman–Crippen LogP) is 4.09. The van der Waals surface area contributed by atoms with Gasteiger partial charge in [0.05, 0.1) is 36.0 Å². The number of hydrogen-bond acceptors (Lipinski definition) is 5. The third-order valence-corrected chi connectivity index (χ3v) is 6.44. The Morgan fingerprint density at radius 3 is 3.04 bits per heavy atom. The number of methoxy groups -OCH3 is 1. The summed E-state index contributed by atoms with van der Waals surface area (Å²) in [6.07, 6.45) is 4.57. The van der Waals surface area contributed by atoms with Crippen LogP contribution < -0.4 is 10.1 Å². The molecule has 0 radical (unpaired) electrons. The Hall–Kier alpha value is -1.14. The van der Waals surface area contributed by atoms with E-state index in [1.807, 2.05) is 12.1 Å². The molecule has 4 heterocycles. The van der Waals surface area contributed by atoms with Crippen LogP contribution in [0.5, 0.6) is 5.75 Å². The summed E-state index contributed by atoms with van der Waals surface area (Å²) in [6.45, 7) is 2.97. The summed E-state index contributed by atoms with van der Waals surface area (Å²) in [5.74, 6) is 0.776. The number of thiophene rings is 1. The predicted molar refractivity (Wildman–Crippen MR) is 96.0 cm³/mol. The minimum absolute atomic E-state index is 0.159. The first-order valence-corrected chi connectivity index (χ1v) is 9.48. The molecule has 0 aromatic carbocycles. The van der Waals surface area contributed by atoms with Gasteiger partial charge in [0.25, 0.3) is 0 Å². The minimum Gasteiger partial charge on any atom is -0.495 e. The highest BCUT2D eigenvalue weighted by Crippen LogP contribution is 2.49. The van der Waals surface area contributed by atoms with E-state index in [4.69, 9.17) is 21.1 Å². The maximum atomic E-state index is 6.37. The van der Waals surface area contributed by atoms with Crippen molar-refractivity contribution in [2.45, 2.75) is 43.9 Å². The first kappa shape index (κ1) is 16.3. The van der Waals surface area contributed by atoms with Crippen molar-refractivity contribution in [3.05, 3.63) is 44.9 Å². The number of nitrogens with one attached hydrogen (secondary N) is 1. The zero-order valence-electron chi connectivity index (χ0n) is 13.8. The molecular formula is C18H21ClN2O2S. The van der Waals surface area contributed by atoms with Gasteiger partial charge in [-0.1, -0.05) is 11.6 Å². The number of rotatable bonds is 2. The van der Waals surface area contributed by atoms with Crippen LogP contribution in [0.1, 0.15) is 41.9 Å². The molecule has 1 fully saturated rings. The van der Waals surface area contributed by atoms with E-state index in [0.29, 0.717) is 6.04 Å². The Morgan fingerprint density at radius 1 is 1.42 bits per heavy atom. The van der Waals surface area contributed by atoms with Crippen LogP contribution in [0.15, 0.2) is 24.4 Å². The molecule has 4 nitrogen and oxygen atoms in total. The molecular weight excluding hydrogens is 344 g/mol. The highest BCUT2D eigenvalue weighted by atomic mass is 35.5. The van der Waals surface area contributed by atoms with Gasteiger partial charge < -0.3 is 14.8 Å². The summed E-state index contributed by atoms with van der Waals surface area (Å²) in [6, 6.07) is 6.61. The van der Waals surface area contributed by atoms with Gasteiger partial charge in [-0.3, -0.25) is 4.98 Å². The largest absolute Gasteiger partial charge is 0.495 e. The van der Waals surface area contributed by atoms with Crippen LogP contribution >= 0.6 is 22.9 Å². The molecule has 0 amide bonds. The van der Waals surface area contributed by atoms with E-state index < -0.39 is 0 Å². The van der Waals surface area contributed by atoms with E-state index in [2.05, 4.69) is 23.3 Å². The lowest BCUT2D eigenvalue weighted by molar-refractivity contribution is -0.0957. The Morgan fingerprint density at radius 2 is 2.29 bits per heavy atom. The molecule has 2 aromatic heterocycles. The van der Waals surface area contributed by atoms with Crippen LogP contribution in [-0.2, 0) is 16.8 Å². The van der Waals surface area contributed by atoms with Gasteiger partial charge >= 0.3 is 0 Å². The molecule has 128 valence electrons. The number of pyridine rings is 1. The van der Waals surface area contributed by atoms with Crippen molar-refractivity contribution in [2.75, 3.05) is 13.7 Å². The summed E-state index contributed by atoms with van der Waals surface area (Å²) >= 11 is 7.97. The molecule has 2 aliphatic heterocycles. The Kier molecular flexibility index (Phi) is 4.29. The van der Waals surface area contributed by atoms with Crippen LogP contribution in [0.2, 0.25) is 4.34 Å². The van der Waals surface area contributed by atoms with Gasteiger partial charge in [0.2, 0.25) is 0 Å². The number of hydrogen-bond donors (Lipinski definition) is 1. The maximum absolute atomic E-state index is 6.37. The number of ether oxygens (including phenoxy) is 2. The first-order chi connectivity index (χ1) is 11.6. The highest BCUT2D eigenvalue weighted by Gasteiger charge is 2.46. The van der Waals surface area contributed by atoms with Crippen molar-refractivity contribution in [1.82, 2.24) is 10.3 Å². The van der Waals surface area contributed by atoms with Gasteiger partial charge in [-0.15, -0.1) is 11.3 Å². The summed E-state index contributed by atoms with van der Waals surface area (Å²) in [5, 5.41) is 3.67. The first-order valence-electron chi connectivity index (χ1n) is 8.28. The Bertz CT molecular complexity index is 733. The molecule has 0 unspecified atom stereocenters. The van der Waals surface area contributed by atoms with E-state index in [0.717, 1.165) is 41.6 Å². The fraction of sp³-hybridized carbons (Fsp3) is 0.500. The lowest BCUT2D eigenvalue weighted by Gasteiger charge is -2.46. The molecule has 1 spiro atoms. The molecule has 4 rings (SSSR count). The Labute approximate surface area is 151 Å². The quantitative estimate of drug-likeness (QED) is 0.871. The standard InChI is InChI=1S/C18H21ClN2O2S/c1-11-8-18(17-12(5-6-23-18)7-16(19)24-17)9-15(21-11)14-4-3-13(22-2)10-20-14/h3-4,7,10-11,15,21H,5-6,8-9H2,1-2H3/t11-,15-,18-/m0/s1. The molecule has 0 saturated carbocycles. The highest BCUT2D eigenvalue weighted by molar-refractivity contribution is 7.16. The normalized spacial score (nSPS) is 29.5. The number of fused-ring (bicyclic) bond motifs is 2. The lowest BCUT2D eigenvalue weighted by atomic mass is 9.79. The monoisotopic (exact) mass is 364 g/mol. The molecule has 2 aliphatic rings. The fourth-order valence-electron chi connectivity index (χ4n) is 3.97. The van der Waals surface area contributed by atoms with Crippen molar-refractivity contribution in [3.8, 4) is 5.75 Å². The van der Waals surface area contributed by atoms with Gasteiger partial charge in [0.15, 0.2) is 0 Å². The zero-order valence-corrected chi connectivity index (χ0v) is 15.4. The summed E-state index contributed by atoms with van der Waals surface area (Å²) < 4.78 is 12.4. The third kappa shape index (κ3) is 2.84. The van der Waals surface area contributed by atoms with Gasteiger partial charge in [-0.2, -0.15) is 0 Å². The van der Waals surface area contributed by atoms with E-state index in [-0.39, 0.29) is 11.6 Å². The van der Waals surface area contributed by atoms with E-state index in [1.165, 1.54) is 10.4 Å². The molecule has 0 aliphatic carbocycles. The SMILES string of the molecule is COc1ccc([C@@H]2C[C@]3(C[C@H](C)N2)OCCc2cc(Cl)sc23)nc1. The molecule has 2 aromatic rings. The van der Waals surface area contributed by atoms with Gasteiger partial charge in [-0.05, 0) is 43.5 Å².